The topological polar surface area (TPSA) is 98.8 Å². The van der Waals surface area contributed by atoms with E-state index in [4.69, 9.17) is 9.47 Å². The van der Waals surface area contributed by atoms with Crippen LogP contribution < -0.4 is 4.72 Å². The lowest BCUT2D eigenvalue weighted by atomic mass is 10.2. The molecule has 1 fully saturated rings. The number of carbonyl (C=O) groups excluding carboxylic acids is 2. The van der Waals surface area contributed by atoms with Crippen LogP contribution in [0.25, 0.3) is 0 Å². The maximum Gasteiger partial charge on any atom is 0.347 e. The molecule has 2 atom stereocenters. The van der Waals surface area contributed by atoms with Crippen LogP contribution in [0.15, 0.2) is 29.2 Å². The maximum absolute atomic E-state index is 12.1. The lowest BCUT2D eigenvalue weighted by molar-refractivity contribution is -0.145. The van der Waals surface area contributed by atoms with Crippen molar-refractivity contribution in [2.75, 3.05) is 6.61 Å². The summed E-state index contributed by atoms with van der Waals surface area (Å²) in [4.78, 5) is 23.3. The Hall–Kier alpha value is -1.93. The largest absolute Gasteiger partial charge is 0.463 e. The van der Waals surface area contributed by atoms with Gasteiger partial charge in [0.05, 0.1) is 17.1 Å². The average Bonchev–Trinajstić information content (AvgIpc) is 2.92. The van der Waals surface area contributed by atoms with E-state index < -0.39 is 28.1 Å². The molecule has 1 saturated heterocycles. The minimum atomic E-state index is -3.62. The van der Waals surface area contributed by atoms with Crippen molar-refractivity contribution < 1.29 is 27.5 Å². The van der Waals surface area contributed by atoms with Crippen LogP contribution in [0, 0.1) is 0 Å². The Bertz CT molecular complexity index is 682. The number of carbonyl (C=O) groups is 2. The van der Waals surface area contributed by atoms with E-state index in [1.807, 2.05) is 6.92 Å². The zero-order chi connectivity index (χ0) is 17.0. The standard InChI is InChI=1S/C15H19NO6S/c1-3-10(2)16-23(19,20)12-6-4-11(5-7-12)14(17)22-13-8-9-21-15(13)18/h4-7,10,13,16H,3,8-9H2,1-2H3/t10-,13-/m1/s1. The van der Waals surface area contributed by atoms with Gasteiger partial charge in [-0.3, -0.25) is 0 Å². The molecule has 1 aromatic rings. The highest BCUT2D eigenvalue weighted by molar-refractivity contribution is 7.89. The predicted octanol–water partition coefficient (Wildman–Crippen LogP) is 1.24. The first-order chi connectivity index (χ1) is 10.8. The van der Waals surface area contributed by atoms with E-state index in [1.54, 1.807) is 6.92 Å². The molecule has 126 valence electrons. The molecule has 0 amide bonds. The second kappa shape index (κ2) is 7.10. The van der Waals surface area contributed by atoms with Crippen LogP contribution in [0.1, 0.15) is 37.0 Å². The third kappa shape index (κ3) is 4.29. The summed E-state index contributed by atoms with van der Waals surface area (Å²) in [6.07, 6.45) is 0.106. The SMILES string of the molecule is CC[C@@H](C)NS(=O)(=O)c1ccc(C(=O)O[C@@H]2CCOC2=O)cc1. The number of ether oxygens (including phenoxy) is 2. The fourth-order valence-corrected chi connectivity index (χ4v) is 3.29. The molecule has 0 radical (unpaired) electrons. The highest BCUT2D eigenvalue weighted by Gasteiger charge is 2.30. The molecule has 0 saturated carbocycles. The van der Waals surface area contributed by atoms with Crippen molar-refractivity contribution in [3.05, 3.63) is 29.8 Å². The van der Waals surface area contributed by atoms with Crippen LogP contribution in [-0.2, 0) is 24.3 Å². The second-order valence-corrected chi connectivity index (χ2v) is 7.02. The molecule has 1 aromatic carbocycles. The Kier molecular flexibility index (Phi) is 5.38. The molecule has 1 heterocycles. The molecular weight excluding hydrogens is 322 g/mol. The number of cyclic esters (lactones) is 1. The molecule has 23 heavy (non-hydrogen) atoms. The second-order valence-electron chi connectivity index (χ2n) is 5.31. The van der Waals surface area contributed by atoms with Gasteiger partial charge in [0.25, 0.3) is 0 Å². The molecule has 0 unspecified atom stereocenters. The van der Waals surface area contributed by atoms with Crippen molar-refractivity contribution in [1.82, 2.24) is 4.72 Å². The molecule has 1 aliphatic rings. The molecule has 1 aliphatic heterocycles. The molecule has 0 bridgehead atoms. The molecule has 0 aromatic heterocycles. The first-order valence-corrected chi connectivity index (χ1v) is 8.82. The quantitative estimate of drug-likeness (QED) is 0.782. The van der Waals surface area contributed by atoms with Gasteiger partial charge in [0.2, 0.25) is 16.1 Å². The van der Waals surface area contributed by atoms with Crippen molar-refractivity contribution >= 4 is 22.0 Å². The molecular formula is C15H19NO6S. The van der Waals surface area contributed by atoms with Gasteiger partial charge < -0.3 is 9.47 Å². The highest BCUT2D eigenvalue weighted by Crippen LogP contribution is 2.16. The minimum absolute atomic E-state index is 0.0645. The van der Waals surface area contributed by atoms with Crippen LogP contribution in [-0.4, -0.2) is 39.1 Å². The summed E-state index contributed by atoms with van der Waals surface area (Å²) in [5.41, 5.74) is 0.173. The third-order valence-electron chi connectivity index (χ3n) is 3.51. The Labute approximate surface area is 135 Å². The van der Waals surface area contributed by atoms with Gasteiger partial charge in [-0.25, -0.2) is 22.7 Å². The average molecular weight is 341 g/mol. The van der Waals surface area contributed by atoms with Crippen molar-refractivity contribution in [1.29, 1.82) is 0 Å². The minimum Gasteiger partial charge on any atom is -0.463 e. The number of hydrogen-bond acceptors (Lipinski definition) is 6. The van der Waals surface area contributed by atoms with Gasteiger partial charge >= 0.3 is 11.9 Å². The van der Waals surface area contributed by atoms with Gasteiger partial charge in [-0.2, -0.15) is 0 Å². The zero-order valence-electron chi connectivity index (χ0n) is 12.9. The number of benzene rings is 1. The summed E-state index contributed by atoms with van der Waals surface area (Å²) in [5, 5.41) is 0. The van der Waals surface area contributed by atoms with E-state index >= 15 is 0 Å². The van der Waals surface area contributed by atoms with Crippen molar-refractivity contribution in [2.45, 2.75) is 43.7 Å². The van der Waals surface area contributed by atoms with Gasteiger partial charge in [0.1, 0.15) is 0 Å². The van der Waals surface area contributed by atoms with Crippen molar-refractivity contribution in [2.24, 2.45) is 0 Å². The normalized spacial score (nSPS) is 19.2. The van der Waals surface area contributed by atoms with E-state index in [0.29, 0.717) is 12.8 Å². The van der Waals surface area contributed by atoms with Gasteiger partial charge in [0.15, 0.2) is 0 Å². The molecule has 2 rings (SSSR count). The number of hydrogen-bond donors (Lipinski definition) is 1. The predicted molar refractivity (Wildman–Crippen MR) is 81.3 cm³/mol. The number of sulfonamides is 1. The summed E-state index contributed by atoms with van der Waals surface area (Å²) in [5.74, 6) is -1.25. The summed E-state index contributed by atoms with van der Waals surface area (Å²) in [7, 11) is -3.62. The third-order valence-corrected chi connectivity index (χ3v) is 5.11. The summed E-state index contributed by atoms with van der Waals surface area (Å²) < 4.78 is 36.5. The first kappa shape index (κ1) is 17.4. The monoisotopic (exact) mass is 341 g/mol. The van der Waals surface area contributed by atoms with E-state index in [9.17, 15) is 18.0 Å². The molecule has 8 heteroatoms. The zero-order valence-corrected chi connectivity index (χ0v) is 13.8. The maximum atomic E-state index is 12.1. The van der Waals surface area contributed by atoms with Gasteiger partial charge in [-0.05, 0) is 37.6 Å². The van der Waals surface area contributed by atoms with E-state index in [-0.39, 0.29) is 23.1 Å². The molecule has 0 spiro atoms. The lowest BCUT2D eigenvalue weighted by Crippen LogP contribution is -2.32. The van der Waals surface area contributed by atoms with Crippen molar-refractivity contribution in [3.63, 3.8) is 0 Å². The fraction of sp³-hybridized carbons (Fsp3) is 0.467. The van der Waals surface area contributed by atoms with Gasteiger partial charge in [0, 0.05) is 12.5 Å². The van der Waals surface area contributed by atoms with Crippen LogP contribution in [0.4, 0.5) is 0 Å². The summed E-state index contributed by atoms with van der Waals surface area (Å²) in [6.45, 7) is 3.87. The number of nitrogens with one attached hydrogen (secondary N) is 1. The fourth-order valence-electron chi connectivity index (χ4n) is 1.97. The van der Waals surface area contributed by atoms with Crippen LogP contribution in [0.5, 0.6) is 0 Å². The van der Waals surface area contributed by atoms with Crippen LogP contribution in [0.3, 0.4) is 0 Å². The summed E-state index contributed by atoms with van der Waals surface area (Å²) in [6, 6.07) is 5.18. The lowest BCUT2D eigenvalue weighted by Gasteiger charge is -2.12. The number of esters is 2. The smallest absolute Gasteiger partial charge is 0.347 e. The molecule has 7 nitrogen and oxygen atoms in total. The summed E-state index contributed by atoms with van der Waals surface area (Å²) >= 11 is 0. The van der Waals surface area contributed by atoms with E-state index in [1.165, 1.54) is 24.3 Å². The molecule has 1 N–H and O–H groups in total. The highest BCUT2D eigenvalue weighted by atomic mass is 32.2. The Morgan fingerprint density at radius 1 is 1.39 bits per heavy atom. The van der Waals surface area contributed by atoms with Gasteiger partial charge in [-0.1, -0.05) is 6.92 Å². The Morgan fingerprint density at radius 2 is 2.04 bits per heavy atom. The first-order valence-electron chi connectivity index (χ1n) is 7.33. The number of rotatable bonds is 6. The van der Waals surface area contributed by atoms with Crippen LogP contribution >= 0.6 is 0 Å². The molecule has 0 aliphatic carbocycles. The Morgan fingerprint density at radius 3 is 2.57 bits per heavy atom. The van der Waals surface area contributed by atoms with E-state index in [0.717, 1.165) is 0 Å². The van der Waals surface area contributed by atoms with Crippen molar-refractivity contribution in [3.8, 4) is 0 Å². The van der Waals surface area contributed by atoms with Crippen LogP contribution in [0.2, 0.25) is 0 Å². The van der Waals surface area contributed by atoms with Gasteiger partial charge in [-0.15, -0.1) is 0 Å². The van der Waals surface area contributed by atoms with E-state index in [2.05, 4.69) is 4.72 Å². The Balaban J connectivity index is 2.07.